The predicted molar refractivity (Wildman–Crippen MR) is 89.7 cm³/mol. The van der Waals surface area contributed by atoms with E-state index < -0.39 is 46.1 Å². The summed E-state index contributed by atoms with van der Waals surface area (Å²) in [5.41, 5.74) is -1.87. The molecule has 11 heteroatoms. The number of carbonyl (C=O) groups is 4. The zero-order valence-corrected chi connectivity index (χ0v) is 14.1. The first-order chi connectivity index (χ1) is 13.1. The van der Waals surface area contributed by atoms with Gasteiger partial charge in [0.05, 0.1) is 29.3 Å². The lowest BCUT2D eigenvalue weighted by Gasteiger charge is -2.18. The third kappa shape index (κ3) is 4.53. The van der Waals surface area contributed by atoms with Gasteiger partial charge in [-0.05, 0) is 36.4 Å². The second kappa shape index (κ2) is 8.05. The van der Waals surface area contributed by atoms with Crippen molar-refractivity contribution >= 4 is 23.9 Å². The Kier molecular flexibility index (Phi) is 5.81. The molecule has 2 rings (SSSR count). The van der Waals surface area contributed by atoms with Crippen molar-refractivity contribution in [2.24, 2.45) is 0 Å². The van der Waals surface area contributed by atoms with Crippen LogP contribution in [-0.4, -0.2) is 56.6 Å². The van der Waals surface area contributed by atoms with Crippen molar-refractivity contribution in [2.75, 3.05) is 7.05 Å². The summed E-state index contributed by atoms with van der Waals surface area (Å²) in [6.07, 6.45) is 0. The first-order valence-corrected chi connectivity index (χ1v) is 7.41. The Morgan fingerprint density at radius 2 is 0.964 bits per heavy atom. The van der Waals surface area contributed by atoms with Gasteiger partial charge in [0.15, 0.2) is 11.5 Å². The lowest BCUT2D eigenvalue weighted by Crippen LogP contribution is -2.27. The average Bonchev–Trinajstić information content (AvgIpc) is 2.60. The van der Waals surface area contributed by atoms with E-state index in [1.807, 2.05) is 0 Å². The number of hydroxylamine groups is 2. The molecule has 0 aliphatic rings. The van der Waals surface area contributed by atoms with E-state index in [2.05, 4.69) is 0 Å². The van der Waals surface area contributed by atoms with E-state index in [-0.39, 0.29) is 11.5 Å². The maximum absolute atomic E-state index is 11.2. The first kappa shape index (κ1) is 20.2. The normalized spacial score (nSPS) is 10.4. The minimum Gasteiger partial charge on any atom is -0.478 e. The number of benzene rings is 2. The van der Waals surface area contributed by atoms with Crippen LogP contribution >= 0.6 is 0 Å². The number of hydrogen-bond donors (Lipinski definition) is 4. The number of carboxylic acid groups (broad SMARTS) is 4. The predicted octanol–water partition coefficient (Wildman–Crippen LogP) is 1.70. The van der Waals surface area contributed by atoms with Crippen LogP contribution in [0.4, 0.5) is 0 Å². The molecule has 4 N–H and O–H groups in total. The molecule has 0 unspecified atom stereocenters. The molecule has 0 heterocycles. The van der Waals surface area contributed by atoms with E-state index in [9.17, 15) is 19.2 Å². The Morgan fingerprint density at radius 3 is 1.25 bits per heavy atom. The van der Waals surface area contributed by atoms with Gasteiger partial charge in [-0.25, -0.2) is 19.2 Å². The third-order valence-corrected chi connectivity index (χ3v) is 3.37. The van der Waals surface area contributed by atoms with E-state index in [0.29, 0.717) is 0 Å². The molecule has 0 bridgehead atoms. The summed E-state index contributed by atoms with van der Waals surface area (Å²) in [5, 5.41) is 36.9. The quantitative estimate of drug-likeness (QED) is 0.483. The molecule has 11 nitrogen and oxygen atoms in total. The number of rotatable bonds is 8. The smallest absolute Gasteiger partial charge is 0.336 e. The van der Waals surface area contributed by atoms with Crippen LogP contribution in [-0.2, 0) is 0 Å². The summed E-state index contributed by atoms with van der Waals surface area (Å²) < 4.78 is 0. The summed E-state index contributed by atoms with van der Waals surface area (Å²) in [7, 11) is 1.26. The maximum Gasteiger partial charge on any atom is 0.336 e. The van der Waals surface area contributed by atoms with Crippen LogP contribution in [0, 0.1) is 0 Å². The Bertz CT molecular complexity index is 891. The van der Waals surface area contributed by atoms with Crippen molar-refractivity contribution in [1.82, 2.24) is 5.23 Å². The first-order valence-electron chi connectivity index (χ1n) is 7.41. The van der Waals surface area contributed by atoms with E-state index in [4.69, 9.17) is 30.1 Å². The van der Waals surface area contributed by atoms with E-state index >= 15 is 0 Å². The van der Waals surface area contributed by atoms with E-state index in [1.54, 1.807) is 0 Å². The molecule has 0 saturated carbocycles. The van der Waals surface area contributed by atoms with Crippen LogP contribution in [0.3, 0.4) is 0 Å². The highest BCUT2D eigenvalue weighted by Gasteiger charge is 2.19. The molecule has 0 spiro atoms. The van der Waals surface area contributed by atoms with Gasteiger partial charge in [-0.2, -0.15) is 0 Å². The van der Waals surface area contributed by atoms with Crippen molar-refractivity contribution in [2.45, 2.75) is 0 Å². The van der Waals surface area contributed by atoms with Crippen LogP contribution in [0.1, 0.15) is 41.4 Å². The molecule has 0 aliphatic carbocycles. The van der Waals surface area contributed by atoms with Crippen LogP contribution in [0.2, 0.25) is 0 Å². The molecule has 2 aromatic carbocycles. The highest BCUT2D eigenvalue weighted by molar-refractivity contribution is 6.02. The van der Waals surface area contributed by atoms with Gasteiger partial charge in [0.25, 0.3) is 0 Å². The van der Waals surface area contributed by atoms with E-state index in [1.165, 1.54) is 19.2 Å². The minimum atomic E-state index is -1.47. The molecule has 0 aliphatic heterocycles. The van der Waals surface area contributed by atoms with Gasteiger partial charge < -0.3 is 30.1 Å². The standard InChI is InChI=1S/C17H13NO10/c1-18(27-8-2-4-10(14(19)20)12(6-8)16(23)24)28-9-3-5-11(15(21)22)13(7-9)17(25)26/h2-7H,1H3,(H,19,20)(H,21,22)(H,23,24)(H,25,26). The third-order valence-electron chi connectivity index (χ3n) is 3.37. The second-order valence-electron chi connectivity index (χ2n) is 5.26. The average molecular weight is 391 g/mol. The van der Waals surface area contributed by atoms with E-state index in [0.717, 1.165) is 29.5 Å². The largest absolute Gasteiger partial charge is 0.478 e. The fourth-order valence-electron chi connectivity index (χ4n) is 2.20. The molecule has 0 saturated heterocycles. The number of nitrogens with zero attached hydrogens (tertiary/aromatic N) is 1. The highest BCUT2D eigenvalue weighted by Crippen LogP contribution is 2.22. The van der Waals surface area contributed by atoms with Gasteiger partial charge in [-0.3, -0.25) is 0 Å². The highest BCUT2D eigenvalue weighted by atomic mass is 16.9. The summed E-state index contributed by atoms with van der Waals surface area (Å²) in [5.74, 6) is -5.92. The molecular weight excluding hydrogens is 378 g/mol. The number of carboxylic acids is 4. The monoisotopic (exact) mass is 391 g/mol. The lowest BCUT2D eigenvalue weighted by molar-refractivity contribution is -0.236. The van der Waals surface area contributed by atoms with Crippen LogP contribution < -0.4 is 9.68 Å². The molecular formula is C17H13NO10. The summed E-state index contributed by atoms with van der Waals surface area (Å²) >= 11 is 0. The Hall–Kier alpha value is -4.12. The number of hydrogen-bond acceptors (Lipinski definition) is 7. The molecule has 0 amide bonds. The van der Waals surface area contributed by atoms with Crippen molar-refractivity contribution in [3.63, 3.8) is 0 Å². The van der Waals surface area contributed by atoms with Crippen molar-refractivity contribution < 1.29 is 49.3 Å². The lowest BCUT2D eigenvalue weighted by atomic mass is 10.1. The molecule has 2 aromatic rings. The Labute approximate surface area is 156 Å². The molecule has 0 fully saturated rings. The van der Waals surface area contributed by atoms with Crippen LogP contribution in [0.15, 0.2) is 36.4 Å². The molecule has 0 aromatic heterocycles. The van der Waals surface area contributed by atoms with Crippen LogP contribution in [0.5, 0.6) is 11.5 Å². The SMILES string of the molecule is CN(Oc1ccc(C(=O)O)c(C(=O)O)c1)Oc1ccc(C(=O)O)c(C(=O)O)c1. The number of aromatic carboxylic acids is 4. The summed E-state index contributed by atoms with van der Waals surface area (Å²) in [6.45, 7) is 0. The van der Waals surface area contributed by atoms with Crippen molar-refractivity contribution in [1.29, 1.82) is 0 Å². The molecule has 146 valence electrons. The van der Waals surface area contributed by atoms with Gasteiger partial charge in [0.1, 0.15) is 0 Å². The van der Waals surface area contributed by atoms with Crippen LogP contribution in [0.25, 0.3) is 0 Å². The van der Waals surface area contributed by atoms with Crippen molar-refractivity contribution in [3.05, 3.63) is 58.7 Å². The van der Waals surface area contributed by atoms with Gasteiger partial charge in [-0.1, -0.05) is 0 Å². The maximum atomic E-state index is 11.2. The molecule has 0 atom stereocenters. The van der Waals surface area contributed by atoms with Gasteiger partial charge in [-0.15, -0.1) is 0 Å². The minimum absolute atomic E-state index is 0.0643. The summed E-state index contributed by atoms with van der Waals surface area (Å²) in [4.78, 5) is 54.8. The van der Waals surface area contributed by atoms with Gasteiger partial charge >= 0.3 is 23.9 Å². The topological polar surface area (TPSA) is 171 Å². The fourth-order valence-corrected chi connectivity index (χ4v) is 2.20. The Morgan fingerprint density at radius 1 is 0.643 bits per heavy atom. The molecule has 28 heavy (non-hydrogen) atoms. The molecule has 0 radical (unpaired) electrons. The van der Waals surface area contributed by atoms with Gasteiger partial charge in [0.2, 0.25) is 0 Å². The fraction of sp³-hybridized carbons (Fsp3) is 0.0588. The second-order valence-corrected chi connectivity index (χ2v) is 5.26. The Balaban J connectivity index is 2.21. The zero-order chi connectivity index (χ0) is 21.0. The van der Waals surface area contributed by atoms with Crippen molar-refractivity contribution in [3.8, 4) is 11.5 Å². The summed E-state index contributed by atoms with van der Waals surface area (Å²) in [6, 6.07) is 6.43. The van der Waals surface area contributed by atoms with Gasteiger partial charge in [0, 0.05) is 5.23 Å². The zero-order valence-electron chi connectivity index (χ0n) is 14.1.